The van der Waals surface area contributed by atoms with Crippen molar-refractivity contribution in [1.82, 2.24) is 5.32 Å². The Hall–Kier alpha value is -2.33. The summed E-state index contributed by atoms with van der Waals surface area (Å²) in [6.07, 6.45) is -1.14. The van der Waals surface area contributed by atoms with Crippen molar-refractivity contribution in [3.8, 4) is 0 Å². The number of nitrogens with one attached hydrogen (secondary N) is 1. The highest BCUT2D eigenvalue weighted by atomic mass is 16.6. The molecule has 2 aromatic carbocycles. The van der Waals surface area contributed by atoms with Crippen LogP contribution >= 0.6 is 0 Å². The smallest absolute Gasteiger partial charge is 0.407 e. The van der Waals surface area contributed by atoms with E-state index in [1.165, 1.54) is 0 Å². The van der Waals surface area contributed by atoms with Gasteiger partial charge in [-0.15, -0.1) is 0 Å². The lowest BCUT2D eigenvalue weighted by Gasteiger charge is -2.20. The van der Waals surface area contributed by atoms with Gasteiger partial charge in [0.2, 0.25) is 0 Å². The molecule has 122 valence electrons. The molecule has 0 radical (unpaired) electrons. The Bertz CT molecular complexity index is 647. The van der Waals surface area contributed by atoms with E-state index in [9.17, 15) is 9.90 Å². The van der Waals surface area contributed by atoms with Gasteiger partial charge in [0.05, 0.1) is 0 Å². The molecule has 0 saturated carbocycles. The van der Waals surface area contributed by atoms with Gasteiger partial charge in [-0.25, -0.2) is 4.79 Å². The molecule has 1 amide bonds. The molecule has 2 N–H and O–H groups in total. The minimum Gasteiger partial charge on any atom is -0.444 e. The standard InChI is InChI=1S/C19H23NO3/c1-19(2,3)23-18(22)20-13-14-8-7-11-16(12-14)17(21)15-9-5-4-6-10-15/h4-12,17,21H,13H2,1-3H3,(H,20,22). The van der Waals surface area contributed by atoms with Crippen molar-refractivity contribution in [2.75, 3.05) is 0 Å². The zero-order chi connectivity index (χ0) is 16.9. The molecule has 0 saturated heterocycles. The zero-order valence-electron chi connectivity index (χ0n) is 13.7. The van der Waals surface area contributed by atoms with Gasteiger partial charge in [0.15, 0.2) is 0 Å². The largest absolute Gasteiger partial charge is 0.444 e. The van der Waals surface area contributed by atoms with Crippen LogP contribution in [0, 0.1) is 0 Å². The van der Waals surface area contributed by atoms with E-state index in [0.29, 0.717) is 6.54 Å². The second-order valence-corrected chi connectivity index (χ2v) is 6.41. The van der Waals surface area contributed by atoms with E-state index in [0.717, 1.165) is 16.7 Å². The van der Waals surface area contributed by atoms with Crippen molar-refractivity contribution >= 4 is 6.09 Å². The number of hydrogen-bond acceptors (Lipinski definition) is 3. The van der Waals surface area contributed by atoms with Gasteiger partial charge in [-0.3, -0.25) is 0 Å². The Labute approximate surface area is 137 Å². The van der Waals surface area contributed by atoms with Gasteiger partial charge in [0, 0.05) is 6.54 Å². The average molecular weight is 313 g/mol. The van der Waals surface area contributed by atoms with Crippen molar-refractivity contribution < 1.29 is 14.6 Å². The molecule has 2 aromatic rings. The van der Waals surface area contributed by atoms with Gasteiger partial charge in [0.25, 0.3) is 0 Å². The number of rotatable bonds is 4. The summed E-state index contributed by atoms with van der Waals surface area (Å²) in [5.41, 5.74) is 2.02. The van der Waals surface area contributed by atoms with E-state index in [1.807, 2.05) is 75.4 Å². The lowest BCUT2D eigenvalue weighted by atomic mass is 10.00. The normalized spacial score (nSPS) is 12.5. The summed E-state index contributed by atoms with van der Waals surface area (Å²) >= 11 is 0. The molecule has 0 bridgehead atoms. The molecule has 0 aliphatic heterocycles. The number of ether oxygens (including phenoxy) is 1. The summed E-state index contributed by atoms with van der Waals surface area (Å²) in [7, 11) is 0. The van der Waals surface area contributed by atoms with E-state index in [4.69, 9.17) is 4.74 Å². The molecule has 0 aromatic heterocycles. The summed E-state index contributed by atoms with van der Waals surface area (Å²) in [4.78, 5) is 11.7. The predicted molar refractivity (Wildman–Crippen MR) is 90.0 cm³/mol. The minimum absolute atomic E-state index is 0.351. The summed E-state index contributed by atoms with van der Waals surface area (Å²) in [5, 5.41) is 13.2. The number of hydrogen-bond donors (Lipinski definition) is 2. The van der Waals surface area contributed by atoms with Crippen LogP contribution in [0.5, 0.6) is 0 Å². The molecule has 2 rings (SSSR count). The Morgan fingerprint density at radius 1 is 1.09 bits per heavy atom. The second kappa shape index (κ2) is 7.29. The van der Waals surface area contributed by atoms with E-state index in [1.54, 1.807) is 0 Å². The highest BCUT2D eigenvalue weighted by Crippen LogP contribution is 2.22. The van der Waals surface area contributed by atoms with Crippen LogP contribution in [0.4, 0.5) is 4.79 Å². The fraction of sp³-hybridized carbons (Fsp3) is 0.316. The SMILES string of the molecule is CC(C)(C)OC(=O)NCc1cccc(C(O)c2ccccc2)c1. The Morgan fingerprint density at radius 2 is 1.74 bits per heavy atom. The highest BCUT2D eigenvalue weighted by molar-refractivity contribution is 5.67. The quantitative estimate of drug-likeness (QED) is 0.903. The number of alkyl carbamates (subject to hydrolysis) is 1. The van der Waals surface area contributed by atoms with E-state index in [-0.39, 0.29) is 0 Å². The van der Waals surface area contributed by atoms with Gasteiger partial charge in [-0.05, 0) is 37.5 Å². The van der Waals surface area contributed by atoms with Crippen LogP contribution in [0.1, 0.15) is 43.6 Å². The first-order chi connectivity index (χ1) is 10.8. The van der Waals surface area contributed by atoms with Gasteiger partial charge >= 0.3 is 6.09 Å². The van der Waals surface area contributed by atoms with Crippen molar-refractivity contribution in [3.63, 3.8) is 0 Å². The first-order valence-electron chi connectivity index (χ1n) is 7.64. The van der Waals surface area contributed by atoms with Crippen molar-refractivity contribution in [2.24, 2.45) is 0 Å². The van der Waals surface area contributed by atoms with Crippen LogP contribution in [0.15, 0.2) is 54.6 Å². The molecular weight excluding hydrogens is 290 g/mol. The topological polar surface area (TPSA) is 58.6 Å². The fourth-order valence-electron chi connectivity index (χ4n) is 2.19. The molecule has 0 aliphatic rings. The molecule has 0 spiro atoms. The minimum atomic E-state index is -0.683. The Kier molecular flexibility index (Phi) is 5.40. The predicted octanol–water partition coefficient (Wildman–Crippen LogP) is 3.79. The fourth-order valence-corrected chi connectivity index (χ4v) is 2.19. The maximum absolute atomic E-state index is 11.7. The van der Waals surface area contributed by atoms with Gasteiger partial charge < -0.3 is 15.2 Å². The third-order valence-electron chi connectivity index (χ3n) is 3.22. The number of aliphatic hydroxyl groups is 1. The molecule has 0 fully saturated rings. The van der Waals surface area contributed by atoms with Crippen LogP contribution < -0.4 is 5.32 Å². The van der Waals surface area contributed by atoms with Gasteiger partial charge in [0.1, 0.15) is 11.7 Å². The number of amides is 1. The summed E-state index contributed by atoms with van der Waals surface area (Å²) < 4.78 is 5.21. The summed E-state index contributed by atoms with van der Waals surface area (Å²) in [6, 6.07) is 17.0. The number of carbonyl (C=O) groups is 1. The maximum Gasteiger partial charge on any atom is 0.407 e. The van der Waals surface area contributed by atoms with Crippen LogP contribution in [-0.2, 0) is 11.3 Å². The second-order valence-electron chi connectivity index (χ2n) is 6.41. The summed E-state index contributed by atoms with van der Waals surface area (Å²) in [5.74, 6) is 0. The first-order valence-corrected chi connectivity index (χ1v) is 7.64. The van der Waals surface area contributed by atoms with E-state index in [2.05, 4.69) is 5.32 Å². The average Bonchev–Trinajstić information content (AvgIpc) is 2.52. The lowest BCUT2D eigenvalue weighted by molar-refractivity contribution is 0.0523. The maximum atomic E-state index is 11.7. The van der Waals surface area contributed by atoms with Crippen LogP contribution in [0.3, 0.4) is 0 Å². The van der Waals surface area contributed by atoms with Crippen LogP contribution in [0.2, 0.25) is 0 Å². The van der Waals surface area contributed by atoms with Crippen molar-refractivity contribution in [2.45, 2.75) is 39.0 Å². The monoisotopic (exact) mass is 313 g/mol. The van der Waals surface area contributed by atoms with Crippen molar-refractivity contribution in [3.05, 3.63) is 71.3 Å². The van der Waals surface area contributed by atoms with E-state index >= 15 is 0 Å². The molecule has 0 heterocycles. The van der Waals surface area contributed by atoms with Gasteiger partial charge in [-0.2, -0.15) is 0 Å². The number of aliphatic hydroxyl groups excluding tert-OH is 1. The third kappa shape index (κ3) is 5.42. The van der Waals surface area contributed by atoms with Crippen LogP contribution in [0.25, 0.3) is 0 Å². The molecule has 1 atom stereocenters. The van der Waals surface area contributed by atoms with Crippen LogP contribution in [-0.4, -0.2) is 16.8 Å². The van der Waals surface area contributed by atoms with Gasteiger partial charge in [-0.1, -0.05) is 54.6 Å². The van der Waals surface area contributed by atoms with E-state index < -0.39 is 17.8 Å². The number of carbonyl (C=O) groups excluding carboxylic acids is 1. The molecule has 1 unspecified atom stereocenters. The first kappa shape index (κ1) is 17.0. The Balaban J connectivity index is 2.01. The molecule has 4 heteroatoms. The molecule has 0 aliphatic carbocycles. The van der Waals surface area contributed by atoms with Crippen molar-refractivity contribution in [1.29, 1.82) is 0 Å². The molecule has 4 nitrogen and oxygen atoms in total. The number of benzene rings is 2. The summed E-state index contributed by atoms with van der Waals surface area (Å²) in [6.45, 7) is 5.82. The Morgan fingerprint density at radius 3 is 2.39 bits per heavy atom. The third-order valence-corrected chi connectivity index (χ3v) is 3.22. The lowest BCUT2D eigenvalue weighted by Crippen LogP contribution is -2.32. The highest BCUT2D eigenvalue weighted by Gasteiger charge is 2.16. The molecular formula is C19H23NO3. The molecule has 23 heavy (non-hydrogen) atoms. The zero-order valence-corrected chi connectivity index (χ0v) is 13.7.